The Hall–Kier alpha value is -1.44. The standard InChI is InChI=1S/C16H22N2O3S2/c1-12(2)18(9-7-16-17-8-10-22-16)23(19,20)15-11-13(3)5-6-14(15)21-4/h5-6,8,10-12H,7,9H2,1-4H3. The van der Waals surface area contributed by atoms with E-state index in [0.717, 1.165) is 10.6 Å². The fourth-order valence-corrected chi connectivity index (χ4v) is 4.84. The zero-order chi connectivity index (χ0) is 17.0. The van der Waals surface area contributed by atoms with E-state index in [1.807, 2.05) is 32.2 Å². The number of nitrogens with zero attached hydrogens (tertiary/aromatic N) is 2. The molecular weight excluding hydrogens is 332 g/mol. The van der Waals surface area contributed by atoms with Crippen molar-refractivity contribution in [3.8, 4) is 5.75 Å². The molecule has 0 saturated heterocycles. The Morgan fingerprint density at radius 1 is 1.35 bits per heavy atom. The van der Waals surface area contributed by atoms with Gasteiger partial charge in [-0.05, 0) is 38.5 Å². The molecule has 0 N–H and O–H groups in total. The molecule has 0 radical (unpaired) electrons. The highest BCUT2D eigenvalue weighted by Crippen LogP contribution is 2.29. The van der Waals surface area contributed by atoms with Crippen molar-refractivity contribution in [3.63, 3.8) is 0 Å². The lowest BCUT2D eigenvalue weighted by Crippen LogP contribution is -2.38. The van der Waals surface area contributed by atoms with Crippen molar-refractivity contribution in [2.24, 2.45) is 0 Å². The number of thiazole rings is 1. The van der Waals surface area contributed by atoms with Crippen LogP contribution in [0.1, 0.15) is 24.4 Å². The van der Waals surface area contributed by atoms with Gasteiger partial charge in [0, 0.05) is 30.6 Å². The summed E-state index contributed by atoms with van der Waals surface area (Å²) < 4.78 is 32.9. The van der Waals surface area contributed by atoms with Crippen LogP contribution in [0.3, 0.4) is 0 Å². The number of aryl methyl sites for hydroxylation is 1. The molecule has 1 aromatic heterocycles. The molecule has 0 aliphatic carbocycles. The number of hydrogen-bond donors (Lipinski definition) is 0. The maximum Gasteiger partial charge on any atom is 0.247 e. The van der Waals surface area contributed by atoms with Gasteiger partial charge in [0.15, 0.2) is 0 Å². The van der Waals surface area contributed by atoms with Gasteiger partial charge in [-0.2, -0.15) is 4.31 Å². The Morgan fingerprint density at radius 3 is 2.65 bits per heavy atom. The highest BCUT2D eigenvalue weighted by atomic mass is 32.2. The molecule has 7 heteroatoms. The van der Waals surface area contributed by atoms with E-state index >= 15 is 0 Å². The van der Waals surface area contributed by atoms with E-state index in [9.17, 15) is 8.42 Å². The van der Waals surface area contributed by atoms with Crippen molar-refractivity contribution >= 4 is 21.4 Å². The summed E-state index contributed by atoms with van der Waals surface area (Å²) in [5, 5.41) is 2.83. The Morgan fingerprint density at radius 2 is 2.09 bits per heavy atom. The van der Waals surface area contributed by atoms with Crippen LogP contribution < -0.4 is 4.74 Å². The Labute approximate surface area is 142 Å². The van der Waals surface area contributed by atoms with Crippen LogP contribution in [-0.2, 0) is 16.4 Å². The van der Waals surface area contributed by atoms with E-state index in [1.165, 1.54) is 22.8 Å². The van der Waals surface area contributed by atoms with Gasteiger partial charge in [-0.1, -0.05) is 6.07 Å². The summed E-state index contributed by atoms with van der Waals surface area (Å²) in [6.07, 6.45) is 2.33. The number of sulfonamides is 1. The largest absolute Gasteiger partial charge is 0.495 e. The molecule has 1 heterocycles. The highest BCUT2D eigenvalue weighted by molar-refractivity contribution is 7.89. The van der Waals surface area contributed by atoms with Crippen LogP contribution in [0.5, 0.6) is 5.75 Å². The number of rotatable bonds is 7. The van der Waals surface area contributed by atoms with Crippen molar-refractivity contribution in [2.45, 2.75) is 38.1 Å². The summed E-state index contributed by atoms with van der Waals surface area (Å²) in [7, 11) is -2.15. The zero-order valence-corrected chi connectivity index (χ0v) is 15.4. The molecule has 0 fully saturated rings. The lowest BCUT2D eigenvalue weighted by Gasteiger charge is -2.26. The molecule has 0 aliphatic heterocycles. The second-order valence-electron chi connectivity index (χ2n) is 5.54. The second kappa shape index (κ2) is 7.42. The summed E-state index contributed by atoms with van der Waals surface area (Å²) >= 11 is 1.54. The first kappa shape index (κ1) is 17.9. The van der Waals surface area contributed by atoms with Crippen LogP contribution in [0, 0.1) is 6.92 Å². The molecule has 0 aliphatic rings. The fourth-order valence-electron chi connectivity index (χ4n) is 2.35. The molecule has 0 amide bonds. The van der Waals surface area contributed by atoms with Gasteiger partial charge in [0.25, 0.3) is 0 Å². The van der Waals surface area contributed by atoms with Gasteiger partial charge >= 0.3 is 0 Å². The van der Waals surface area contributed by atoms with Crippen LogP contribution in [0.15, 0.2) is 34.7 Å². The smallest absolute Gasteiger partial charge is 0.247 e. The van der Waals surface area contributed by atoms with Gasteiger partial charge in [0.1, 0.15) is 10.6 Å². The molecule has 0 bridgehead atoms. The van der Waals surface area contributed by atoms with Crippen molar-refractivity contribution in [1.82, 2.24) is 9.29 Å². The van der Waals surface area contributed by atoms with Crippen molar-refractivity contribution in [3.05, 3.63) is 40.3 Å². The number of ether oxygens (including phenoxy) is 1. The topological polar surface area (TPSA) is 59.5 Å². The lowest BCUT2D eigenvalue weighted by atomic mass is 10.2. The molecule has 2 aromatic rings. The van der Waals surface area contributed by atoms with Crippen molar-refractivity contribution < 1.29 is 13.2 Å². The first-order valence-corrected chi connectivity index (χ1v) is 9.73. The maximum absolute atomic E-state index is 13.1. The van der Waals surface area contributed by atoms with Crippen LogP contribution in [0.4, 0.5) is 0 Å². The molecule has 0 unspecified atom stereocenters. The lowest BCUT2D eigenvalue weighted by molar-refractivity contribution is 0.351. The van der Waals surface area contributed by atoms with Gasteiger partial charge in [0.2, 0.25) is 10.0 Å². The van der Waals surface area contributed by atoms with Crippen LogP contribution in [-0.4, -0.2) is 37.4 Å². The highest BCUT2D eigenvalue weighted by Gasteiger charge is 2.29. The molecule has 23 heavy (non-hydrogen) atoms. The van der Waals surface area contributed by atoms with Crippen molar-refractivity contribution in [2.75, 3.05) is 13.7 Å². The van der Waals surface area contributed by atoms with E-state index in [1.54, 1.807) is 18.3 Å². The second-order valence-corrected chi connectivity index (χ2v) is 8.38. The van der Waals surface area contributed by atoms with E-state index in [4.69, 9.17) is 4.74 Å². The predicted molar refractivity (Wildman–Crippen MR) is 92.6 cm³/mol. The minimum Gasteiger partial charge on any atom is -0.495 e. The molecule has 0 saturated carbocycles. The number of hydrogen-bond acceptors (Lipinski definition) is 5. The van der Waals surface area contributed by atoms with Crippen molar-refractivity contribution in [1.29, 1.82) is 0 Å². The molecular formula is C16H22N2O3S2. The van der Waals surface area contributed by atoms with Gasteiger partial charge in [0.05, 0.1) is 12.1 Å². The number of aromatic nitrogens is 1. The van der Waals surface area contributed by atoms with Crippen LogP contribution in [0.2, 0.25) is 0 Å². The molecule has 0 spiro atoms. The predicted octanol–water partition coefficient (Wildman–Crippen LogP) is 3.10. The average Bonchev–Trinajstić information content (AvgIpc) is 3.00. The van der Waals surface area contributed by atoms with Gasteiger partial charge in [-0.3, -0.25) is 0 Å². The van der Waals surface area contributed by atoms with E-state index in [2.05, 4.69) is 4.98 Å². The third kappa shape index (κ3) is 4.10. The SMILES string of the molecule is COc1ccc(C)cc1S(=O)(=O)N(CCc1nccs1)C(C)C. The molecule has 0 atom stereocenters. The maximum atomic E-state index is 13.1. The monoisotopic (exact) mass is 354 g/mol. The Bertz CT molecular complexity index is 741. The quantitative estimate of drug-likeness (QED) is 0.766. The first-order chi connectivity index (χ1) is 10.9. The molecule has 5 nitrogen and oxygen atoms in total. The third-order valence-electron chi connectivity index (χ3n) is 3.51. The summed E-state index contributed by atoms with van der Waals surface area (Å²) in [6, 6.07) is 5.05. The fraction of sp³-hybridized carbons (Fsp3) is 0.438. The first-order valence-electron chi connectivity index (χ1n) is 7.41. The normalized spacial score (nSPS) is 12.1. The van der Waals surface area contributed by atoms with Gasteiger partial charge in [-0.25, -0.2) is 13.4 Å². The molecule has 1 aromatic carbocycles. The number of methoxy groups -OCH3 is 1. The summed E-state index contributed by atoms with van der Waals surface area (Å²) in [4.78, 5) is 4.44. The number of benzene rings is 1. The van der Waals surface area contributed by atoms with E-state index < -0.39 is 10.0 Å². The summed E-state index contributed by atoms with van der Waals surface area (Å²) in [6.45, 7) is 6.02. The van der Waals surface area contributed by atoms with Crippen LogP contribution in [0.25, 0.3) is 0 Å². The van der Waals surface area contributed by atoms with Crippen LogP contribution >= 0.6 is 11.3 Å². The summed E-state index contributed by atoms with van der Waals surface area (Å²) in [5.41, 5.74) is 0.882. The summed E-state index contributed by atoms with van der Waals surface area (Å²) in [5.74, 6) is 0.371. The molecule has 2 rings (SSSR count). The van der Waals surface area contributed by atoms with Gasteiger partial charge < -0.3 is 4.74 Å². The third-order valence-corrected chi connectivity index (χ3v) is 6.45. The zero-order valence-electron chi connectivity index (χ0n) is 13.8. The average molecular weight is 354 g/mol. The van der Waals surface area contributed by atoms with E-state index in [-0.39, 0.29) is 10.9 Å². The molecule has 126 valence electrons. The Balaban J connectivity index is 2.35. The Kier molecular flexibility index (Phi) is 5.78. The van der Waals surface area contributed by atoms with Gasteiger partial charge in [-0.15, -0.1) is 11.3 Å². The van der Waals surface area contributed by atoms with E-state index in [0.29, 0.717) is 18.7 Å². The minimum absolute atomic E-state index is 0.148. The minimum atomic E-state index is -3.63.